The Bertz CT molecular complexity index is 169. The van der Waals surface area contributed by atoms with Crippen molar-refractivity contribution in [1.82, 2.24) is 0 Å². The van der Waals surface area contributed by atoms with Gasteiger partial charge in [0, 0.05) is 0 Å². The largest absolute Gasteiger partial charge is 0.300 e. The minimum atomic E-state index is -0.856. The molecule has 5 nitrogen and oxygen atoms in total. The lowest BCUT2D eigenvalue weighted by Crippen LogP contribution is -2.10. The monoisotopic (exact) mass is 178 g/mol. The second-order valence-electron chi connectivity index (χ2n) is 1.61. The van der Waals surface area contributed by atoms with Crippen molar-refractivity contribution in [1.29, 1.82) is 0 Å². The van der Waals surface area contributed by atoms with Crippen LogP contribution in [-0.4, -0.2) is 16.7 Å². The van der Waals surface area contributed by atoms with E-state index in [0.29, 0.717) is 0 Å². The molecule has 0 unspecified atom stereocenters. The number of carbonyl (C=O) groups excluding carboxylic acids is 3. The van der Waals surface area contributed by atoms with Gasteiger partial charge >= 0.3 is 0 Å². The fourth-order valence-electron chi connectivity index (χ4n) is 0.302. The van der Waals surface area contributed by atoms with Gasteiger partial charge in [0.05, 0.1) is 6.42 Å². The highest BCUT2D eigenvalue weighted by atomic mass is 32.1. The first-order valence-electron chi connectivity index (χ1n) is 2.63. The Morgan fingerprint density at radius 1 is 1.27 bits per heavy atom. The highest BCUT2D eigenvalue weighted by Crippen LogP contribution is 1.89. The summed E-state index contributed by atoms with van der Waals surface area (Å²) in [6.45, 7) is 1.24. The number of hydrogen-bond donors (Lipinski definition) is 3. The Balaban J connectivity index is 0. The van der Waals surface area contributed by atoms with Gasteiger partial charge in [-0.2, -0.15) is 0 Å². The number of hydrazine groups is 1. The molecule has 4 N–H and O–H groups in total. The summed E-state index contributed by atoms with van der Waals surface area (Å²) in [7, 11) is 0. The summed E-state index contributed by atoms with van der Waals surface area (Å²) < 4.78 is 0. The molecule has 0 aromatic rings. The predicted molar refractivity (Wildman–Crippen MR) is 42.7 cm³/mol. The van der Waals surface area contributed by atoms with Crippen LogP contribution in [0.3, 0.4) is 0 Å². The summed E-state index contributed by atoms with van der Waals surface area (Å²) in [6, 6.07) is 0. The molecular formula is C5H10N2O3S. The third-order valence-corrected chi connectivity index (χ3v) is 0.897. The molecule has 0 amide bonds. The van der Waals surface area contributed by atoms with Gasteiger partial charge in [-0.3, -0.25) is 26.1 Å². The Hall–Kier alpha value is -0.720. The molecule has 0 rings (SSSR count). The second kappa shape index (κ2) is 7.39. The Morgan fingerprint density at radius 3 is 1.73 bits per heavy atom. The molecule has 6 heteroatoms. The van der Waals surface area contributed by atoms with Gasteiger partial charge in [0.2, 0.25) is 5.78 Å². The van der Waals surface area contributed by atoms with Gasteiger partial charge < -0.3 is 0 Å². The smallest absolute Gasteiger partial charge is 0.252 e. The molecule has 0 aromatic carbocycles. The normalized spacial score (nSPS) is 7.64. The number of carbonyl (C=O) groups is 3. The molecule has 0 aliphatic rings. The molecule has 0 saturated carbocycles. The fraction of sp³-hybridized carbons (Fsp3) is 0.400. The van der Waals surface area contributed by atoms with Gasteiger partial charge in [-0.15, -0.1) is 0 Å². The summed E-state index contributed by atoms with van der Waals surface area (Å²) in [5, 5.41) is -0.856. The molecule has 11 heavy (non-hydrogen) atoms. The van der Waals surface area contributed by atoms with Crippen LogP contribution in [0.4, 0.5) is 0 Å². The molecule has 0 heterocycles. The summed E-state index contributed by atoms with van der Waals surface area (Å²) in [6.07, 6.45) is -0.331. The highest BCUT2D eigenvalue weighted by molar-refractivity contribution is 7.98. The molecule has 0 atom stereocenters. The zero-order chi connectivity index (χ0) is 9.44. The van der Waals surface area contributed by atoms with E-state index in [1.807, 2.05) is 0 Å². The van der Waals surface area contributed by atoms with E-state index in [1.165, 1.54) is 6.92 Å². The van der Waals surface area contributed by atoms with Crippen molar-refractivity contribution in [2.75, 3.05) is 0 Å². The van der Waals surface area contributed by atoms with Crippen molar-refractivity contribution in [2.24, 2.45) is 11.7 Å². The quantitative estimate of drug-likeness (QED) is 0.166. The van der Waals surface area contributed by atoms with Crippen LogP contribution in [-0.2, 0) is 14.4 Å². The number of ketones is 2. The Kier molecular flexibility index (Phi) is 8.67. The van der Waals surface area contributed by atoms with Crippen LogP contribution in [0, 0.1) is 0 Å². The van der Waals surface area contributed by atoms with Gasteiger partial charge in [-0.25, -0.2) is 0 Å². The zero-order valence-electron chi connectivity index (χ0n) is 6.03. The molecule has 64 valence electrons. The first kappa shape index (κ1) is 12.9. The maximum Gasteiger partial charge on any atom is 0.252 e. The molecule has 0 spiro atoms. The molecule has 0 aliphatic heterocycles. The molecule has 0 radical (unpaired) electrons. The van der Waals surface area contributed by atoms with Crippen molar-refractivity contribution in [3.05, 3.63) is 0 Å². The summed E-state index contributed by atoms with van der Waals surface area (Å²) in [5.74, 6) is 6.94. The molecule has 0 aliphatic carbocycles. The van der Waals surface area contributed by atoms with Crippen LogP contribution in [0.25, 0.3) is 0 Å². The van der Waals surface area contributed by atoms with Crippen molar-refractivity contribution in [3.8, 4) is 0 Å². The predicted octanol–water partition coefficient (Wildman–Crippen LogP) is -1.19. The van der Waals surface area contributed by atoms with E-state index in [2.05, 4.69) is 24.3 Å². The summed E-state index contributed by atoms with van der Waals surface area (Å²) in [4.78, 5) is 30.5. The minimum Gasteiger partial charge on any atom is -0.300 e. The van der Waals surface area contributed by atoms with Crippen LogP contribution in [0.5, 0.6) is 0 Å². The maximum atomic E-state index is 10.3. The lowest BCUT2D eigenvalue weighted by atomic mass is 10.2. The molecule has 0 saturated heterocycles. The Labute approximate surface area is 69.5 Å². The maximum absolute atomic E-state index is 10.3. The van der Waals surface area contributed by atoms with E-state index in [9.17, 15) is 14.4 Å². The van der Waals surface area contributed by atoms with Crippen LogP contribution < -0.4 is 11.7 Å². The van der Waals surface area contributed by atoms with E-state index in [0.717, 1.165) is 0 Å². The van der Waals surface area contributed by atoms with Crippen LogP contribution >= 0.6 is 12.6 Å². The first-order chi connectivity index (χ1) is 5.04. The molecule has 0 fully saturated rings. The summed E-state index contributed by atoms with van der Waals surface area (Å²) >= 11 is 3.23. The van der Waals surface area contributed by atoms with E-state index in [-0.39, 0.29) is 12.2 Å². The van der Waals surface area contributed by atoms with Crippen LogP contribution in [0.2, 0.25) is 0 Å². The van der Waals surface area contributed by atoms with Gasteiger partial charge in [0.15, 0.2) is 0 Å². The number of nitrogens with two attached hydrogens (primary N) is 2. The number of Topliss-reactive ketones (excluding diaryl/α,β-unsaturated/α-hetero) is 2. The Morgan fingerprint density at radius 2 is 1.64 bits per heavy atom. The lowest BCUT2D eigenvalue weighted by Gasteiger charge is -1.86. The topological polar surface area (TPSA) is 103 Å². The third kappa shape index (κ3) is 9.28. The van der Waals surface area contributed by atoms with Crippen molar-refractivity contribution >= 4 is 29.3 Å². The number of hydrogen-bond acceptors (Lipinski definition) is 5. The van der Waals surface area contributed by atoms with E-state index in [4.69, 9.17) is 0 Å². The molecule has 0 aromatic heterocycles. The molecular weight excluding hydrogens is 168 g/mol. The lowest BCUT2D eigenvalue weighted by molar-refractivity contribution is -0.134. The SMILES string of the molecule is CC(=O)CC(=O)C(=O)S.NN. The van der Waals surface area contributed by atoms with E-state index < -0.39 is 10.9 Å². The van der Waals surface area contributed by atoms with E-state index in [1.54, 1.807) is 0 Å². The highest BCUT2D eigenvalue weighted by Gasteiger charge is 2.10. The fourth-order valence-corrected chi connectivity index (χ4v) is 0.381. The van der Waals surface area contributed by atoms with Crippen molar-refractivity contribution in [3.63, 3.8) is 0 Å². The van der Waals surface area contributed by atoms with Crippen molar-refractivity contribution in [2.45, 2.75) is 13.3 Å². The van der Waals surface area contributed by atoms with Crippen LogP contribution in [0.15, 0.2) is 0 Å². The van der Waals surface area contributed by atoms with Gasteiger partial charge in [-0.1, -0.05) is 12.6 Å². The number of rotatable bonds is 3. The number of thiol groups is 1. The standard InChI is InChI=1S/C5H6O3S.H4N2/c1-3(6)2-4(7)5(8)9;1-2/h2H2,1H3,(H,8,9);1-2H2. The van der Waals surface area contributed by atoms with Gasteiger partial charge in [-0.05, 0) is 6.92 Å². The van der Waals surface area contributed by atoms with E-state index >= 15 is 0 Å². The minimum absolute atomic E-state index is 0.317. The zero-order valence-corrected chi connectivity index (χ0v) is 6.93. The van der Waals surface area contributed by atoms with Gasteiger partial charge in [0.25, 0.3) is 5.12 Å². The summed E-state index contributed by atoms with van der Waals surface area (Å²) in [5.41, 5.74) is 0. The van der Waals surface area contributed by atoms with Gasteiger partial charge in [0.1, 0.15) is 5.78 Å². The molecule has 0 bridgehead atoms. The first-order valence-corrected chi connectivity index (χ1v) is 3.07. The average Bonchev–Trinajstić information content (AvgIpc) is 1.90. The average molecular weight is 178 g/mol. The second-order valence-corrected chi connectivity index (χ2v) is 2.01. The van der Waals surface area contributed by atoms with Crippen molar-refractivity contribution < 1.29 is 14.4 Å². The van der Waals surface area contributed by atoms with Crippen LogP contribution in [0.1, 0.15) is 13.3 Å². The third-order valence-electron chi connectivity index (χ3n) is 0.648.